The van der Waals surface area contributed by atoms with E-state index in [2.05, 4.69) is 29.0 Å². The van der Waals surface area contributed by atoms with Crippen LogP contribution in [-0.4, -0.2) is 29.0 Å². The van der Waals surface area contributed by atoms with E-state index in [0.29, 0.717) is 11.6 Å². The summed E-state index contributed by atoms with van der Waals surface area (Å²) in [6.07, 6.45) is 7.06. The fraction of sp³-hybridized carbons (Fsp3) is 0.450. The molecule has 2 aliphatic rings. The van der Waals surface area contributed by atoms with Crippen molar-refractivity contribution in [3.63, 3.8) is 0 Å². The first-order chi connectivity index (χ1) is 13.0. The van der Waals surface area contributed by atoms with E-state index in [-0.39, 0.29) is 23.6 Å². The summed E-state index contributed by atoms with van der Waals surface area (Å²) in [7, 11) is 0. The first-order valence-corrected chi connectivity index (χ1v) is 9.17. The van der Waals surface area contributed by atoms with Gasteiger partial charge in [0.25, 0.3) is 5.91 Å². The largest absolute Gasteiger partial charge is 0.393 e. The number of aliphatic imine (C=N–C) groups is 1. The first-order valence-electron chi connectivity index (χ1n) is 9.17. The number of primary amides is 1. The summed E-state index contributed by atoms with van der Waals surface area (Å²) < 4.78 is 0. The van der Waals surface area contributed by atoms with E-state index in [1.54, 1.807) is 6.20 Å². The molecule has 3 rings (SSSR count). The molecule has 0 radical (unpaired) electrons. The van der Waals surface area contributed by atoms with Crippen molar-refractivity contribution in [3.8, 4) is 6.57 Å². The van der Waals surface area contributed by atoms with Gasteiger partial charge in [-0.25, -0.2) is 10.3 Å². The molecule has 2 aliphatic carbocycles. The van der Waals surface area contributed by atoms with Crippen LogP contribution in [-0.2, 0) is 4.79 Å². The van der Waals surface area contributed by atoms with Crippen LogP contribution in [0.15, 0.2) is 41.0 Å². The highest BCUT2D eigenvalue weighted by atomic mass is 16.3. The van der Waals surface area contributed by atoms with Crippen LogP contribution in [0.4, 0.5) is 5.69 Å². The normalized spacial score (nSPS) is 23.1. The minimum Gasteiger partial charge on any atom is -0.393 e. The number of carbonyl (C=O) groups is 1. The van der Waals surface area contributed by atoms with Crippen LogP contribution in [0.25, 0.3) is 0 Å². The van der Waals surface area contributed by atoms with Crippen LogP contribution in [0.2, 0.25) is 0 Å². The lowest BCUT2D eigenvalue weighted by Crippen LogP contribution is -2.34. The summed E-state index contributed by atoms with van der Waals surface area (Å²) in [5, 5.41) is 19.2. The van der Waals surface area contributed by atoms with Gasteiger partial charge in [-0.3, -0.25) is 4.79 Å². The highest BCUT2D eigenvalue weighted by Crippen LogP contribution is 2.40. The van der Waals surface area contributed by atoms with Gasteiger partial charge in [-0.1, -0.05) is 12.1 Å². The van der Waals surface area contributed by atoms with Gasteiger partial charge < -0.3 is 21.9 Å². The smallest absolute Gasteiger partial charge is 0.253 e. The Kier molecular flexibility index (Phi) is 7.38. The van der Waals surface area contributed by atoms with Gasteiger partial charge in [0, 0.05) is 18.8 Å². The highest BCUT2D eigenvalue weighted by molar-refractivity contribution is 6.20. The number of benzene rings is 1. The van der Waals surface area contributed by atoms with Crippen molar-refractivity contribution >= 4 is 17.4 Å². The van der Waals surface area contributed by atoms with Crippen LogP contribution in [0.5, 0.6) is 0 Å². The lowest BCUT2D eigenvalue weighted by Gasteiger charge is -2.25. The van der Waals surface area contributed by atoms with Gasteiger partial charge in [0.2, 0.25) is 0 Å². The average Bonchev–Trinajstić information content (AvgIpc) is 3.51. The van der Waals surface area contributed by atoms with E-state index in [9.17, 15) is 9.90 Å². The number of aliphatic hydroxyl groups excluding tert-OH is 1. The van der Waals surface area contributed by atoms with Gasteiger partial charge in [-0.15, -0.1) is 0 Å². The van der Waals surface area contributed by atoms with Crippen LogP contribution in [0.3, 0.4) is 0 Å². The number of amidine groups is 1. The van der Waals surface area contributed by atoms with Crippen LogP contribution in [0.1, 0.15) is 50.0 Å². The van der Waals surface area contributed by atoms with Crippen molar-refractivity contribution in [1.82, 2.24) is 5.32 Å². The highest BCUT2D eigenvalue weighted by Gasteiger charge is 2.23. The van der Waals surface area contributed by atoms with E-state index in [4.69, 9.17) is 16.7 Å². The fourth-order valence-electron chi connectivity index (χ4n) is 3.15. The van der Waals surface area contributed by atoms with E-state index >= 15 is 0 Å². The van der Waals surface area contributed by atoms with Crippen molar-refractivity contribution in [3.05, 3.63) is 41.6 Å². The molecular weight excluding hydrogens is 342 g/mol. The van der Waals surface area contributed by atoms with Gasteiger partial charge in [-0.2, -0.15) is 0 Å². The zero-order valence-corrected chi connectivity index (χ0v) is 15.3. The Morgan fingerprint density at radius 3 is 2.22 bits per heavy atom. The third-order valence-electron chi connectivity index (χ3n) is 4.89. The summed E-state index contributed by atoms with van der Waals surface area (Å²) in [6.45, 7) is 3.50. The molecule has 0 spiro atoms. The number of rotatable bonds is 6. The van der Waals surface area contributed by atoms with Crippen LogP contribution >= 0.6 is 0 Å². The maximum Gasteiger partial charge on any atom is 0.253 e. The Hall–Kier alpha value is -2.85. The van der Waals surface area contributed by atoms with Crippen molar-refractivity contribution in [1.29, 1.82) is 5.26 Å². The topological polar surface area (TPSA) is 138 Å². The molecule has 7 nitrogen and oxygen atoms in total. The molecule has 0 heterocycles. The van der Waals surface area contributed by atoms with E-state index < -0.39 is 5.91 Å². The third-order valence-corrected chi connectivity index (χ3v) is 4.89. The summed E-state index contributed by atoms with van der Waals surface area (Å²) >= 11 is 0. The predicted molar refractivity (Wildman–Crippen MR) is 105 cm³/mol. The average molecular weight is 369 g/mol. The zero-order chi connectivity index (χ0) is 19.8. The molecule has 2 fully saturated rings. The van der Waals surface area contributed by atoms with Gasteiger partial charge >= 0.3 is 0 Å². The third kappa shape index (κ3) is 6.12. The van der Waals surface area contributed by atoms with E-state index in [1.165, 1.54) is 18.4 Å². The maximum atomic E-state index is 11.7. The molecule has 6 N–H and O–H groups in total. The summed E-state index contributed by atoms with van der Waals surface area (Å²) in [5.41, 5.74) is 13.7. The minimum atomic E-state index is -0.612. The molecule has 0 unspecified atom stereocenters. The number of nitrogens with one attached hydrogen (secondary N) is 1. The van der Waals surface area contributed by atoms with Crippen LogP contribution < -0.4 is 16.8 Å². The Labute approximate surface area is 159 Å². The fourth-order valence-corrected chi connectivity index (χ4v) is 3.15. The van der Waals surface area contributed by atoms with E-state index in [0.717, 1.165) is 25.7 Å². The molecule has 27 heavy (non-hydrogen) atoms. The standard InChI is InChI=1S/C19H26N4O2.CHN/c20-18(23-15-5-3-13(4-6-15)12-1-2-12)17(19(21)25)11-22-14-7-9-16(24)10-8-14;1-2/h3-6,11-12,14,16,22,24H,1-2,7-10H2,(H2,20,23)(H2,21,25);1H/b17-11+;. The van der Waals surface area contributed by atoms with Crippen molar-refractivity contribution in [2.75, 3.05) is 0 Å². The molecule has 144 valence electrons. The number of nitrogens with two attached hydrogens (primary N) is 2. The number of hydrogen-bond donors (Lipinski definition) is 4. The SMILES string of the molecule is C#N.NC(=O)/C(=C/NC1CCC(O)CC1)C(N)=Nc1ccc(C2CC2)cc1. The van der Waals surface area contributed by atoms with Gasteiger partial charge in [0.15, 0.2) is 0 Å². The Morgan fingerprint density at radius 2 is 1.70 bits per heavy atom. The second kappa shape index (κ2) is 9.74. The second-order valence-electron chi connectivity index (χ2n) is 6.96. The van der Waals surface area contributed by atoms with Crippen LogP contribution in [0, 0.1) is 11.8 Å². The second-order valence-corrected chi connectivity index (χ2v) is 6.96. The first kappa shape index (κ1) is 20.5. The molecule has 0 aromatic heterocycles. The summed E-state index contributed by atoms with van der Waals surface area (Å²) in [4.78, 5) is 16.0. The Bertz CT molecular complexity index is 712. The number of aliphatic hydroxyl groups is 1. The molecule has 1 amide bonds. The minimum absolute atomic E-state index is 0.106. The molecular formula is C20H27N5O2. The number of hydrogen-bond acceptors (Lipinski definition) is 5. The van der Waals surface area contributed by atoms with Gasteiger partial charge in [0.1, 0.15) is 5.84 Å². The number of nitrogens with zero attached hydrogens (tertiary/aromatic N) is 2. The lowest BCUT2D eigenvalue weighted by molar-refractivity contribution is -0.114. The Balaban J connectivity index is 0.00000126. The predicted octanol–water partition coefficient (Wildman–Crippen LogP) is 1.95. The monoisotopic (exact) mass is 369 g/mol. The molecule has 0 aliphatic heterocycles. The van der Waals surface area contributed by atoms with Gasteiger partial charge in [0.05, 0.1) is 17.4 Å². The number of nitriles is 1. The number of carbonyl (C=O) groups excluding carboxylic acids is 1. The summed E-state index contributed by atoms with van der Waals surface area (Å²) in [6, 6.07) is 8.15. The molecule has 2 saturated carbocycles. The number of amides is 1. The van der Waals surface area contributed by atoms with E-state index in [1.807, 2.05) is 12.1 Å². The molecule has 0 bridgehead atoms. The lowest BCUT2D eigenvalue weighted by atomic mass is 9.93. The molecule has 1 aromatic rings. The maximum absolute atomic E-state index is 11.7. The quantitative estimate of drug-likeness (QED) is 0.345. The molecule has 7 heteroatoms. The summed E-state index contributed by atoms with van der Waals surface area (Å²) in [5.74, 6) is 0.184. The molecule has 0 saturated heterocycles. The van der Waals surface area contributed by atoms with Crippen molar-refractivity contribution in [2.45, 2.75) is 56.6 Å². The van der Waals surface area contributed by atoms with Crippen molar-refractivity contribution < 1.29 is 9.90 Å². The zero-order valence-electron chi connectivity index (χ0n) is 15.3. The molecule has 1 aromatic carbocycles. The van der Waals surface area contributed by atoms with Crippen molar-refractivity contribution in [2.24, 2.45) is 16.5 Å². The Morgan fingerprint density at radius 1 is 1.11 bits per heavy atom. The van der Waals surface area contributed by atoms with Gasteiger partial charge in [-0.05, 0) is 62.1 Å². The molecule has 0 atom stereocenters.